The van der Waals surface area contributed by atoms with Crippen molar-refractivity contribution < 1.29 is 14.1 Å². The smallest absolute Gasteiger partial charge is 0.307 e. The molecule has 0 fully saturated rings. The van der Waals surface area contributed by atoms with Gasteiger partial charge in [0, 0.05) is 29.4 Å². The van der Waals surface area contributed by atoms with Crippen LogP contribution in [0.2, 0.25) is 0 Å². The lowest BCUT2D eigenvalue weighted by atomic mass is 10.1. The Morgan fingerprint density at radius 1 is 1.17 bits per heavy atom. The number of non-ortho nitro benzene ring substituents is 1. The zero-order valence-electron chi connectivity index (χ0n) is 16.3. The summed E-state index contributed by atoms with van der Waals surface area (Å²) >= 11 is 0. The summed E-state index contributed by atoms with van der Waals surface area (Å²) in [4.78, 5) is 22.7. The number of nitro groups is 1. The van der Waals surface area contributed by atoms with Gasteiger partial charge in [0.1, 0.15) is 5.58 Å². The van der Waals surface area contributed by atoms with E-state index < -0.39 is 10.8 Å². The van der Waals surface area contributed by atoms with Crippen molar-refractivity contribution in [3.05, 3.63) is 93.5 Å². The van der Waals surface area contributed by atoms with Crippen molar-refractivity contribution in [1.29, 1.82) is 0 Å². The predicted molar refractivity (Wildman–Crippen MR) is 113 cm³/mol. The molecule has 0 saturated heterocycles. The lowest BCUT2D eigenvalue weighted by Crippen LogP contribution is -2.17. The molecule has 0 saturated carbocycles. The Labute approximate surface area is 171 Å². The average molecular weight is 402 g/mol. The summed E-state index contributed by atoms with van der Waals surface area (Å²) in [5.41, 5.74) is 6.92. The highest BCUT2D eigenvalue weighted by Crippen LogP contribution is 2.24. The first-order valence-corrected chi connectivity index (χ1v) is 9.19. The quantitative estimate of drug-likeness (QED) is 0.301. The Bertz CT molecular complexity index is 1300. The Hall–Kier alpha value is -4.20. The maximum absolute atomic E-state index is 12.4. The molecule has 4 rings (SSSR count). The van der Waals surface area contributed by atoms with Gasteiger partial charge >= 0.3 is 5.91 Å². The highest BCUT2D eigenvalue weighted by Gasteiger charge is 2.14. The third-order valence-electron chi connectivity index (χ3n) is 4.91. The number of nitrogens with zero attached hydrogens (tertiary/aromatic N) is 3. The first kappa shape index (κ1) is 19.1. The first-order valence-electron chi connectivity index (χ1n) is 9.19. The van der Waals surface area contributed by atoms with Gasteiger partial charge in [0.05, 0.1) is 16.8 Å². The number of fused-ring (bicyclic) bond motifs is 1. The number of benzene rings is 2. The molecule has 2 aromatic heterocycles. The highest BCUT2D eigenvalue weighted by molar-refractivity contribution is 5.96. The molecule has 4 aromatic rings. The summed E-state index contributed by atoms with van der Waals surface area (Å²) < 4.78 is 7.44. The minimum absolute atomic E-state index is 0.0209. The van der Waals surface area contributed by atoms with Crippen LogP contribution in [0.4, 0.5) is 5.69 Å². The molecule has 150 valence electrons. The number of nitrogens with one attached hydrogen (secondary N) is 1. The standard InChI is InChI=1S/C22H18N4O4/c1-14-5-3-7-19(15(14)2)25-10-4-6-18(25)13-23-24-22(27)21-12-16-11-17(26(28)29)8-9-20(16)30-21/h3-13H,1-2H3,(H,24,27)/b23-13-. The Morgan fingerprint density at radius 2 is 2.00 bits per heavy atom. The number of carbonyl (C=O) groups excluding carboxylic acids is 1. The number of aromatic nitrogens is 1. The number of nitro benzene ring substituents is 1. The lowest BCUT2D eigenvalue weighted by Gasteiger charge is -2.11. The Morgan fingerprint density at radius 3 is 2.80 bits per heavy atom. The molecule has 0 aliphatic heterocycles. The van der Waals surface area contributed by atoms with Crippen LogP contribution in [0, 0.1) is 24.0 Å². The number of rotatable bonds is 5. The van der Waals surface area contributed by atoms with Crippen LogP contribution in [0.5, 0.6) is 0 Å². The normalized spacial score (nSPS) is 11.3. The molecule has 0 spiro atoms. The van der Waals surface area contributed by atoms with Crippen molar-refractivity contribution in [1.82, 2.24) is 9.99 Å². The number of furan rings is 1. The molecule has 0 atom stereocenters. The molecule has 0 aliphatic carbocycles. The van der Waals surface area contributed by atoms with Gasteiger partial charge in [-0.15, -0.1) is 0 Å². The van der Waals surface area contributed by atoms with E-state index in [1.807, 2.05) is 35.0 Å². The summed E-state index contributed by atoms with van der Waals surface area (Å²) in [6.07, 6.45) is 3.48. The summed E-state index contributed by atoms with van der Waals surface area (Å²) in [6.45, 7) is 4.11. The molecular formula is C22H18N4O4. The number of hydrazone groups is 1. The molecule has 1 N–H and O–H groups in total. The topological polar surface area (TPSA) is 103 Å². The van der Waals surface area contributed by atoms with Gasteiger partial charge in [-0.25, -0.2) is 5.43 Å². The molecule has 2 aromatic carbocycles. The van der Waals surface area contributed by atoms with Crippen LogP contribution in [-0.4, -0.2) is 21.6 Å². The van der Waals surface area contributed by atoms with Crippen LogP contribution in [0.15, 0.2) is 70.3 Å². The summed E-state index contributed by atoms with van der Waals surface area (Å²) in [7, 11) is 0. The fraction of sp³-hybridized carbons (Fsp3) is 0.0909. The van der Waals surface area contributed by atoms with E-state index in [1.54, 1.807) is 6.21 Å². The number of hydrogen-bond acceptors (Lipinski definition) is 5. The second-order valence-electron chi connectivity index (χ2n) is 6.81. The van der Waals surface area contributed by atoms with E-state index in [4.69, 9.17) is 4.42 Å². The second-order valence-corrected chi connectivity index (χ2v) is 6.81. The van der Waals surface area contributed by atoms with Crippen molar-refractivity contribution in [3.63, 3.8) is 0 Å². The lowest BCUT2D eigenvalue weighted by molar-refractivity contribution is -0.384. The van der Waals surface area contributed by atoms with Gasteiger partial charge in [-0.1, -0.05) is 12.1 Å². The van der Waals surface area contributed by atoms with Crippen molar-refractivity contribution in [2.24, 2.45) is 5.10 Å². The van der Waals surface area contributed by atoms with Gasteiger partial charge in [-0.3, -0.25) is 14.9 Å². The van der Waals surface area contributed by atoms with E-state index in [1.165, 1.54) is 29.8 Å². The van der Waals surface area contributed by atoms with Crippen LogP contribution in [0.3, 0.4) is 0 Å². The highest BCUT2D eigenvalue weighted by atomic mass is 16.6. The molecule has 0 unspecified atom stereocenters. The van der Waals surface area contributed by atoms with Crippen LogP contribution >= 0.6 is 0 Å². The van der Waals surface area contributed by atoms with E-state index in [-0.39, 0.29) is 11.4 Å². The number of amides is 1. The summed E-state index contributed by atoms with van der Waals surface area (Å²) in [6, 6.07) is 15.4. The fourth-order valence-electron chi connectivity index (χ4n) is 3.18. The van der Waals surface area contributed by atoms with E-state index in [0.29, 0.717) is 11.0 Å². The minimum Gasteiger partial charge on any atom is -0.451 e. The Balaban J connectivity index is 1.52. The van der Waals surface area contributed by atoms with Crippen molar-refractivity contribution >= 4 is 28.8 Å². The zero-order chi connectivity index (χ0) is 21.3. The second kappa shape index (κ2) is 7.67. The number of hydrogen-bond donors (Lipinski definition) is 1. The van der Waals surface area contributed by atoms with Crippen LogP contribution in [-0.2, 0) is 0 Å². The van der Waals surface area contributed by atoms with E-state index in [0.717, 1.165) is 16.9 Å². The molecule has 0 radical (unpaired) electrons. The van der Waals surface area contributed by atoms with Crippen molar-refractivity contribution in [3.8, 4) is 5.69 Å². The molecule has 8 heteroatoms. The third kappa shape index (κ3) is 3.58. The van der Waals surface area contributed by atoms with Crippen LogP contribution in [0.1, 0.15) is 27.4 Å². The van der Waals surface area contributed by atoms with E-state index in [9.17, 15) is 14.9 Å². The molecule has 30 heavy (non-hydrogen) atoms. The summed E-state index contributed by atoms with van der Waals surface area (Å²) in [5.74, 6) is -0.525. The van der Waals surface area contributed by atoms with Gasteiger partial charge in [-0.05, 0) is 55.3 Å². The zero-order valence-corrected chi connectivity index (χ0v) is 16.3. The monoisotopic (exact) mass is 402 g/mol. The number of aryl methyl sites for hydroxylation is 1. The minimum atomic E-state index is -0.546. The molecular weight excluding hydrogens is 384 g/mol. The van der Waals surface area contributed by atoms with Gasteiger partial charge in [0.2, 0.25) is 0 Å². The third-order valence-corrected chi connectivity index (χ3v) is 4.91. The SMILES string of the molecule is Cc1cccc(-n2cccc2/C=N\NC(=O)c2cc3cc([N+](=O)[O-])ccc3o2)c1C. The largest absolute Gasteiger partial charge is 0.451 e. The summed E-state index contributed by atoms with van der Waals surface area (Å²) in [5, 5.41) is 15.4. The van der Waals surface area contributed by atoms with E-state index >= 15 is 0 Å². The molecule has 0 bridgehead atoms. The van der Waals surface area contributed by atoms with Crippen molar-refractivity contribution in [2.75, 3.05) is 0 Å². The van der Waals surface area contributed by atoms with E-state index in [2.05, 4.69) is 30.4 Å². The molecule has 1 amide bonds. The van der Waals surface area contributed by atoms with Crippen molar-refractivity contribution in [2.45, 2.75) is 13.8 Å². The van der Waals surface area contributed by atoms with Crippen LogP contribution in [0.25, 0.3) is 16.7 Å². The van der Waals surface area contributed by atoms with Crippen LogP contribution < -0.4 is 5.43 Å². The predicted octanol–water partition coefficient (Wildman–Crippen LogP) is 4.51. The first-order chi connectivity index (χ1) is 14.4. The average Bonchev–Trinajstić information content (AvgIpc) is 3.36. The van der Waals surface area contributed by atoms with Gasteiger partial charge < -0.3 is 8.98 Å². The molecule has 0 aliphatic rings. The molecule has 8 nitrogen and oxygen atoms in total. The van der Waals surface area contributed by atoms with Gasteiger partial charge in [0.15, 0.2) is 5.76 Å². The van der Waals surface area contributed by atoms with Gasteiger partial charge in [-0.2, -0.15) is 5.10 Å². The number of carbonyl (C=O) groups is 1. The Kier molecular flexibility index (Phi) is 4.89. The maximum Gasteiger partial charge on any atom is 0.307 e. The fourth-order valence-corrected chi connectivity index (χ4v) is 3.18. The van der Waals surface area contributed by atoms with Gasteiger partial charge in [0.25, 0.3) is 5.69 Å². The maximum atomic E-state index is 12.4. The molecule has 2 heterocycles.